The van der Waals surface area contributed by atoms with Gasteiger partial charge in [0.15, 0.2) is 0 Å². The van der Waals surface area contributed by atoms with E-state index in [0.717, 1.165) is 5.56 Å². The molecule has 1 rings (SSSR count). The van der Waals surface area contributed by atoms with Crippen molar-refractivity contribution >= 4 is 23.8 Å². The largest absolute Gasteiger partial charge is 0.480 e. The normalized spacial score (nSPS) is 12.7. The van der Waals surface area contributed by atoms with E-state index in [4.69, 9.17) is 4.74 Å². The highest BCUT2D eigenvalue weighted by molar-refractivity contribution is 5.89. The lowest BCUT2D eigenvalue weighted by molar-refractivity contribution is -0.142. The van der Waals surface area contributed by atoms with E-state index < -0.39 is 30.1 Å². The van der Waals surface area contributed by atoms with Gasteiger partial charge in [-0.2, -0.15) is 0 Å². The summed E-state index contributed by atoms with van der Waals surface area (Å²) in [4.78, 5) is 46.8. The number of hydrogen-bond donors (Lipinski definition) is 3. The third kappa shape index (κ3) is 8.35. The summed E-state index contributed by atoms with van der Waals surface area (Å²) in [5, 5.41) is 14.0. The molecule has 2 amide bonds. The molecule has 0 aliphatic rings. The summed E-state index contributed by atoms with van der Waals surface area (Å²) < 4.78 is 5.10. The van der Waals surface area contributed by atoms with Crippen LogP contribution in [0.3, 0.4) is 0 Å². The number of carboxylic acids is 1. The monoisotopic (exact) mass is 378 g/mol. The molecule has 8 heteroatoms. The van der Waals surface area contributed by atoms with Gasteiger partial charge in [-0.25, -0.2) is 9.59 Å². The number of carbonyl (C=O) groups is 4. The van der Waals surface area contributed by atoms with Gasteiger partial charge >= 0.3 is 12.1 Å². The number of benzene rings is 1. The lowest BCUT2D eigenvalue weighted by Crippen LogP contribution is -2.53. The van der Waals surface area contributed by atoms with Gasteiger partial charge in [0.1, 0.15) is 24.5 Å². The van der Waals surface area contributed by atoms with E-state index in [1.807, 2.05) is 18.2 Å². The van der Waals surface area contributed by atoms with Crippen molar-refractivity contribution in [3.63, 3.8) is 0 Å². The number of carboxylic acid groups (broad SMARTS) is 1. The van der Waals surface area contributed by atoms with Crippen molar-refractivity contribution in [3.8, 4) is 0 Å². The van der Waals surface area contributed by atoms with Crippen molar-refractivity contribution in [2.45, 2.75) is 52.3 Å². The Kier molecular flexibility index (Phi) is 8.98. The summed E-state index contributed by atoms with van der Waals surface area (Å²) in [6.07, 6.45) is -0.751. The van der Waals surface area contributed by atoms with E-state index in [2.05, 4.69) is 10.6 Å². The molecule has 0 aromatic heterocycles. The Balaban J connectivity index is 2.64. The lowest BCUT2D eigenvalue weighted by Gasteiger charge is -2.23. The summed E-state index contributed by atoms with van der Waals surface area (Å²) in [7, 11) is 0. The first kappa shape index (κ1) is 22.1. The maximum Gasteiger partial charge on any atom is 0.408 e. The molecule has 0 aliphatic carbocycles. The number of ketones is 1. The van der Waals surface area contributed by atoms with Crippen molar-refractivity contribution in [2.75, 3.05) is 0 Å². The van der Waals surface area contributed by atoms with Crippen LogP contribution >= 0.6 is 0 Å². The molecular weight excluding hydrogens is 352 g/mol. The van der Waals surface area contributed by atoms with Crippen molar-refractivity contribution in [3.05, 3.63) is 35.9 Å². The molecule has 0 saturated heterocycles. The molecule has 2 atom stereocenters. The van der Waals surface area contributed by atoms with Crippen LogP contribution in [0.1, 0.15) is 39.2 Å². The molecule has 148 valence electrons. The van der Waals surface area contributed by atoms with E-state index in [0.29, 0.717) is 0 Å². The Labute approximate surface area is 158 Å². The number of rotatable bonds is 10. The summed E-state index contributed by atoms with van der Waals surface area (Å²) in [6.45, 7) is 4.83. The minimum atomic E-state index is -1.24. The van der Waals surface area contributed by atoms with Gasteiger partial charge in [-0.3, -0.25) is 4.79 Å². The van der Waals surface area contributed by atoms with Crippen LogP contribution < -0.4 is 10.6 Å². The third-order valence-corrected chi connectivity index (χ3v) is 3.83. The van der Waals surface area contributed by atoms with Crippen LogP contribution in [0.2, 0.25) is 0 Å². The molecule has 0 aliphatic heterocycles. The predicted molar refractivity (Wildman–Crippen MR) is 97.9 cm³/mol. The van der Waals surface area contributed by atoms with Crippen LogP contribution in [0.15, 0.2) is 30.3 Å². The first-order chi connectivity index (χ1) is 12.7. The van der Waals surface area contributed by atoms with Gasteiger partial charge in [0, 0.05) is 6.42 Å². The molecule has 0 unspecified atom stereocenters. The van der Waals surface area contributed by atoms with Crippen LogP contribution in [-0.4, -0.2) is 40.9 Å². The highest BCUT2D eigenvalue weighted by atomic mass is 16.5. The Morgan fingerprint density at radius 3 is 2.22 bits per heavy atom. The molecule has 1 aromatic carbocycles. The van der Waals surface area contributed by atoms with Crippen LogP contribution in [0.5, 0.6) is 0 Å². The standard InChI is InChI=1S/C19H26N2O6/c1-12(2)16(17(23)20-15(18(24)25)10-9-13(3)22)21-19(26)27-11-14-7-5-4-6-8-14/h4-8,12,15-16H,9-11H2,1-3H3,(H,20,23)(H,21,26)(H,24,25)/t15-,16+/m0/s1. The zero-order valence-electron chi connectivity index (χ0n) is 15.7. The minimum Gasteiger partial charge on any atom is -0.480 e. The van der Waals surface area contributed by atoms with Crippen LogP contribution in [0.25, 0.3) is 0 Å². The molecule has 0 bridgehead atoms. The van der Waals surface area contributed by atoms with E-state index in [1.165, 1.54) is 6.92 Å². The molecule has 3 N–H and O–H groups in total. The quantitative estimate of drug-likeness (QED) is 0.571. The number of Topliss-reactive ketones (excluding diaryl/α,β-unsaturated/α-hetero) is 1. The second-order valence-corrected chi connectivity index (χ2v) is 6.57. The van der Waals surface area contributed by atoms with Gasteiger partial charge in [0.25, 0.3) is 0 Å². The van der Waals surface area contributed by atoms with Gasteiger partial charge in [0.2, 0.25) is 5.91 Å². The van der Waals surface area contributed by atoms with Gasteiger partial charge < -0.3 is 25.3 Å². The Morgan fingerprint density at radius 1 is 1.07 bits per heavy atom. The second kappa shape index (κ2) is 10.9. The minimum absolute atomic E-state index is 0.0142. The van der Waals surface area contributed by atoms with E-state index in [9.17, 15) is 24.3 Å². The summed E-state index contributed by atoms with van der Waals surface area (Å²) in [5.41, 5.74) is 0.799. The van der Waals surface area contributed by atoms with Crippen molar-refractivity contribution in [1.82, 2.24) is 10.6 Å². The fourth-order valence-corrected chi connectivity index (χ4v) is 2.29. The smallest absolute Gasteiger partial charge is 0.408 e. The molecular formula is C19H26N2O6. The third-order valence-electron chi connectivity index (χ3n) is 3.83. The molecule has 0 spiro atoms. The van der Waals surface area contributed by atoms with Gasteiger partial charge in [-0.05, 0) is 24.8 Å². The highest BCUT2D eigenvalue weighted by Gasteiger charge is 2.29. The van der Waals surface area contributed by atoms with E-state index >= 15 is 0 Å². The predicted octanol–water partition coefficient (Wildman–Crippen LogP) is 1.88. The van der Waals surface area contributed by atoms with Crippen LogP contribution in [0, 0.1) is 5.92 Å². The van der Waals surface area contributed by atoms with Crippen LogP contribution in [-0.2, 0) is 25.7 Å². The zero-order chi connectivity index (χ0) is 20.4. The first-order valence-corrected chi connectivity index (χ1v) is 8.70. The average Bonchev–Trinajstić information content (AvgIpc) is 2.61. The van der Waals surface area contributed by atoms with Crippen LogP contribution in [0.4, 0.5) is 4.79 Å². The number of ether oxygens (including phenoxy) is 1. The van der Waals surface area contributed by atoms with E-state index in [-0.39, 0.29) is 31.1 Å². The second-order valence-electron chi connectivity index (χ2n) is 6.57. The van der Waals surface area contributed by atoms with Gasteiger partial charge in [-0.15, -0.1) is 0 Å². The SMILES string of the molecule is CC(=O)CC[C@H](NC(=O)[C@H](NC(=O)OCc1ccccc1)C(C)C)C(=O)O. The van der Waals surface area contributed by atoms with E-state index in [1.54, 1.807) is 26.0 Å². The average molecular weight is 378 g/mol. The Bertz CT molecular complexity index is 659. The summed E-state index contributed by atoms with van der Waals surface area (Å²) in [6, 6.07) is 6.89. The zero-order valence-corrected chi connectivity index (χ0v) is 15.7. The number of aliphatic carboxylic acids is 1. The molecule has 1 aromatic rings. The maximum atomic E-state index is 12.4. The maximum absolute atomic E-state index is 12.4. The summed E-state index contributed by atoms with van der Waals surface area (Å²) >= 11 is 0. The molecule has 8 nitrogen and oxygen atoms in total. The van der Waals surface area contributed by atoms with Gasteiger partial charge in [0.05, 0.1) is 0 Å². The van der Waals surface area contributed by atoms with Crippen molar-refractivity contribution in [2.24, 2.45) is 5.92 Å². The topological polar surface area (TPSA) is 122 Å². The molecule has 0 heterocycles. The van der Waals surface area contributed by atoms with Crippen molar-refractivity contribution < 1.29 is 29.0 Å². The van der Waals surface area contributed by atoms with Gasteiger partial charge in [-0.1, -0.05) is 44.2 Å². The van der Waals surface area contributed by atoms with Crippen molar-refractivity contribution in [1.29, 1.82) is 0 Å². The summed E-state index contributed by atoms with van der Waals surface area (Å²) in [5.74, 6) is -2.34. The number of nitrogens with one attached hydrogen (secondary N) is 2. The number of carbonyl (C=O) groups excluding carboxylic acids is 3. The molecule has 0 fully saturated rings. The number of alkyl carbamates (subject to hydrolysis) is 1. The number of hydrogen-bond acceptors (Lipinski definition) is 5. The lowest BCUT2D eigenvalue weighted by atomic mass is 10.0. The molecule has 0 radical (unpaired) electrons. The molecule has 27 heavy (non-hydrogen) atoms. The Hall–Kier alpha value is -2.90. The first-order valence-electron chi connectivity index (χ1n) is 8.70. The fraction of sp³-hybridized carbons (Fsp3) is 0.474. The number of amides is 2. The Morgan fingerprint density at radius 2 is 1.70 bits per heavy atom. The highest BCUT2D eigenvalue weighted by Crippen LogP contribution is 2.07. The molecule has 0 saturated carbocycles. The fourth-order valence-electron chi connectivity index (χ4n) is 2.29.